The second-order valence-electron chi connectivity index (χ2n) is 5.36. The van der Waals surface area contributed by atoms with Crippen molar-refractivity contribution in [3.05, 3.63) is 0 Å². The average molecular weight is 225 g/mol. The van der Waals surface area contributed by atoms with Gasteiger partial charge in [-0.15, -0.1) is 0 Å². The van der Waals surface area contributed by atoms with Crippen LogP contribution in [0.3, 0.4) is 0 Å². The first-order valence-corrected chi connectivity index (χ1v) is 6.55. The van der Waals surface area contributed by atoms with E-state index in [-0.39, 0.29) is 0 Å². The zero-order chi connectivity index (χ0) is 11.5. The first-order valence-electron chi connectivity index (χ1n) is 6.55. The monoisotopic (exact) mass is 225 g/mol. The Bertz CT molecular complexity index is 244. The number of carbonyl (C=O) groups is 1. The molecule has 1 aliphatic heterocycles. The minimum absolute atomic E-state index is 0.336. The van der Waals surface area contributed by atoms with Crippen molar-refractivity contribution in [2.75, 3.05) is 19.6 Å². The van der Waals surface area contributed by atoms with Crippen LogP contribution >= 0.6 is 0 Å². The van der Waals surface area contributed by atoms with Crippen LogP contribution in [0.5, 0.6) is 0 Å². The van der Waals surface area contributed by atoms with Gasteiger partial charge in [0.15, 0.2) is 0 Å². The molecular weight excluding hydrogens is 202 g/mol. The van der Waals surface area contributed by atoms with E-state index in [1.807, 2.05) is 0 Å². The lowest BCUT2D eigenvalue weighted by atomic mass is 10.0. The molecule has 3 nitrogen and oxygen atoms in total. The minimum Gasteiger partial charge on any atom is -0.373 e. The van der Waals surface area contributed by atoms with Gasteiger partial charge in [0.1, 0.15) is 5.78 Å². The molecule has 3 heteroatoms. The molecular formula is C13H23NO2. The molecule has 92 valence electrons. The Labute approximate surface area is 98.1 Å². The Hall–Kier alpha value is -0.410. The Kier molecular flexibility index (Phi) is 3.98. The van der Waals surface area contributed by atoms with Gasteiger partial charge in [-0.1, -0.05) is 0 Å². The minimum atomic E-state index is 0.336. The Morgan fingerprint density at radius 1 is 1.31 bits per heavy atom. The lowest BCUT2D eigenvalue weighted by Gasteiger charge is -2.35. The summed E-state index contributed by atoms with van der Waals surface area (Å²) in [5, 5.41) is 0. The highest BCUT2D eigenvalue weighted by Gasteiger charge is 2.27. The lowest BCUT2D eigenvalue weighted by Crippen LogP contribution is -2.46. The quantitative estimate of drug-likeness (QED) is 0.734. The molecule has 1 aliphatic carbocycles. The number of rotatable bonds is 3. The van der Waals surface area contributed by atoms with Crippen molar-refractivity contribution in [1.82, 2.24) is 4.90 Å². The SMILES string of the molecule is CC1CN(CCC2CCCC2=O)CC(C)O1. The highest BCUT2D eigenvalue weighted by atomic mass is 16.5. The van der Waals surface area contributed by atoms with E-state index in [0.29, 0.717) is 23.9 Å². The number of Topliss-reactive ketones (excluding diaryl/α,β-unsaturated/α-hetero) is 1. The smallest absolute Gasteiger partial charge is 0.136 e. The highest BCUT2D eigenvalue weighted by molar-refractivity contribution is 5.82. The van der Waals surface area contributed by atoms with Crippen LogP contribution < -0.4 is 0 Å². The van der Waals surface area contributed by atoms with E-state index in [9.17, 15) is 4.79 Å². The van der Waals surface area contributed by atoms with Gasteiger partial charge >= 0.3 is 0 Å². The third-order valence-electron chi connectivity index (χ3n) is 3.72. The molecule has 0 N–H and O–H groups in total. The third kappa shape index (κ3) is 3.05. The van der Waals surface area contributed by atoms with Crippen LogP contribution in [-0.4, -0.2) is 42.5 Å². The van der Waals surface area contributed by atoms with Gasteiger partial charge in [0, 0.05) is 25.4 Å². The van der Waals surface area contributed by atoms with Gasteiger partial charge in [-0.05, 0) is 39.7 Å². The molecule has 2 rings (SSSR count). The van der Waals surface area contributed by atoms with Gasteiger partial charge < -0.3 is 4.74 Å². The summed E-state index contributed by atoms with van der Waals surface area (Å²) in [5.74, 6) is 0.850. The molecule has 0 aromatic heterocycles. The summed E-state index contributed by atoms with van der Waals surface area (Å²) >= 11 is 0. The molecule has 2 fully saturated rings. The van der Waals surface area contributed by atoms with Gasteiger partial charge in [-0.25, -0.2) is 0 Å². The number of ketones is 1. The zero-order valence-electron chi connectivity index (χ0n) is 10.4. The Balaban J connectivity index is 1.74. The molecule has 0 amide bonds. The van der Waals surface area contributed by atoms with Crippen LogP contribution in [0.1, 0.15) is 39.5 Å². The Morgan fingerprint density at radius 2 is 2.00 bits per heavy atom. The number of hydrogen-bond donors (Lipinski definition) is 0. The highest BCUT2D eigenvalue weighted by Crippen LogP contribution is 2.25. The molecule has 2 aliphatic rings. The molecule has 0 bridgehead atoms. The van der Waals surface area contributed by atoms with Crippen molar-refractivity contribution < 1.29 is 9.53 Å². The van der Waals surface area contributed by atoms with Crippen LogP contribution in [0.15, 0.2) is 0 Å². The van der Waals surface area contributed by atoms with E-state index >= 15 is 0 Å². The van der Waals surface area contributed by atoms with E-state index in [1.54, 1.807) is 0 Å². The number of carbonyl (C=O) groups excluding carboxylic acids is 1. The molecule has 1 saturated heterocycles. The average Bonchev–Trinajstić information content (AvgIpc) is 2.59. The fraction of sp³-hybridized carbons (Fsp3) is 0.923. The topological polar surface area (TPSA) is 29.5 Å². The predicted molar refractivity (Wildman–Crippen MR) is 63.4 cm³/mol. The molecule has 16 heavy (non-hydrogen) atoms. The molecule has 0 aromatic rings. The van der Waals surface area contributed by atoms with E-state index in [0.717, 1.165) is 45.3 Å². The van der Waals surface area contributed by atoms with Crippen molar-refractivity contribution >= 4 is 5.78 Å². The van der Waals surface area contributed by atoms with Crippen molar-refractivity contribution in [1.29, 1.82) is 0 Å². The number of morpholine rings is 1. The van der Waals surface area contributed by atoms with Crippen molar-refractivity contribution in [3.63, 3.8) is 0 Å². The summed E-state index contributed by atoms with van der Waals surface area (Å²) in [6.07, 6.45) is 4.78. The number of hydrogen-bond acceptors (Lipinski definition) is 3. The van der Waals surface area contributed by atoms with Gasteiger partial charge in [0.05, 0.1) is 12.2 Å². The van der Waals surface area contributed by atoms with E-state index in [1.165, 1.54) is 0 Å². The maximum atomic E-state index is 11.5. The first-order chi connectivity index (χ1) is 7.65. The maximum Gasteiger partial charge on any atom is 0.136 e. The molecule has 1 saturated carbocycles. The Morgan fingerprint density at radius 3 is 2.56 bits per heavy atom. The summed E-state index contributed by atoms with van der Waals surface area (Å²) < 4.78 is 5.70. The van der Waals surface area contributed by atoms with Crippen molar-refractivity contribution in [3.8, 4) is 0 Å². The largest absolute Gasteiger partial charge is 0.373 e. The van der Waals surface area contributed by atoms with Gasteiger partial charge in [0.2, 0.25) is 0 Å². The number of nitrogens with zero attached hydrogens (tertiary/aromatic N) is 1. The molecule has 1 heterocycles. The summed E-state index contributed by atoms with van der Waals surface area (Å²) in [6.45, 7) is 7.36. The third-order valence-corrected chi connectivity index (χ3v) is 3.72. The van der Waals surface area contributed by atoms with Crippen LogP contribution in [0.2, 0.25) is 0 Å². The molecule has 3 unspecified atom stereocenters. The summed E-state index contributed by atoms with van der Waals surface area (Å²) in [7, 11) is 0. The van der Waals surface area contributed by atoms with Crippen molar-refractivity contribution in [2.24, 2.45) is 5.92 Å². The van der Waals surface area contributed by atoms with E-state index in [4.69, 9.17) is 4.74 Å². The van der Waals surface area contributed by atoms with Gasteiger partial charge in [0.25, 0.3) is 0 Å². The maximum absolute atomic E-state index is 11.5. The molecule has 3 atom stereocenters. The van der Waals surface area contributed by atoms with Gasteiger partial charge in [-0.2, -0.15) is 0 Å². The zero-order valence-corrected chi connectivity index (χ0v) is 10.4. The van der Waals surface area contributed by atoms with Crippen molar-refractivity contribution in [2.45, 2.75) is 51.7 Å². The second-order valence-corrected chi connectivity index (χ2v) is 5.36. The van der Waals surface area contributed by atoms with Crippen LogP contribution in [0, 0.1) is 5.92 Å². The normalized spacial score (nSPS) is 36.9. The summed E-state index contributed by atoms with van der Waals surface area (Å²) in [4.78, 5) is 14.0. The summed E-state index contributed by atoms with van der Waals surface area (Å²) in [6, 6.07) is 0. The van der Waals surface area contributed by atoms with E-state index in [2.05, 4.69) is 18.7 Å². The van der Waals surface area contributed by atoms with Crippen LogP contribution in [-0.2, 0) is 9.53 Å². The van der Waals surface area contributed by atoms with Crippen LogP contribution in [0.4, 0.5) is 0 Å². The first kappa shape index (κ1) is 12.1. The van der Waals surface area contributed by atoms with E-state index < -0.39 is 0 Å². The predicted octanol–water partition coefficient (Wildman–Crippen LogP) is 1.85. The molecule has 0 aromatic carbocycles. The molecule has 0 spiro atoms. The molecule has 0 radical (unpaired) electrons. The van der Waals surface area contributed by atoms with Crippen LogP contribution in [0.25, 0.3) is 0 Å². The lowest BCUT2D eigenvalue weighted by molar-refractivity contribution is -0.121. The fourth-order valence-electron chi connectivity index (χ4n) is 3.00. The summed E-state index contributed by atoms with van der Waals surface area (Å²) in [5.41, 5.74) is 0. The van der Waals surface area contributed by atoms with Gasteiger partial charge in [-0.3, -0.25) is 9.69 Å². The standard InChI is InChI=1S/C13H23NO2/c1-10-8-14(9-11(2)16-10)7-6-12-4-3-5-13(12)15/h10-12H,3-9H2,1-2H3. The fourth-order valence-corrected chi connectivity index (χ4v) is 3.00. The number of ether oxygens (including phenoxy) is 1. The second kappa shape index (κ2) is 5.28.